The van der Waals surface area contributed by atoms with Gasteiger partial charge in [0.15, 0.2) is 0 Å². The second kappa shape index (κ2) is 5.96. The van der Waals surface area contributed by atoms with Gasteiger partial charge >= 0.3 is 0 Å². The Morgan fingerprint density at radius 1 is 1.00 bits per heavy atom. The molecule has 0 saturated heterocycles. The number of aliphatic hydroxyl groups is 1. The van der Waals surface area contributed by atoms with Crippen LogP contribution in [0.5, 0.6) is 0 Å². The number of alkyl halides is 1. The van der Waals surface area contributed by atoms with Crippen LogP contribution < -0.4 is 0 Å². The first-order valence-electron chi connectivity index (χ1n) is 10.5. The van der Waals surface area contributed by atoms with Gasteiger partial charge in [0, 0.05) is 5.92 Å². The summed E-state index contributed by atoms with van der Waals surface area (Å²) in [5.41, 5.74) is -0.00653. The fourth-order valence-corrected chi connectivity index (χ4v) is 8.35. The number of hydrogen-bond donors (Lipinski definition) is 1. The van der Waals surface area contributed by atoms with Crippen molar-refractivity contribution in [3.63, 3.8) is 0 Å². The number of fused-ring (bicyclic) bond motifs is 5. The molecule has 4 aliphatic rings. The van der Waals surface area contributed by atoms with Gasteiger partial charge in [-0.05, 0) is 99.2 Å². The molecular weight excluding hydrogens is 332 g/mol. The molecule has 2 nitrogen and oxygen atoms in total. The Morgan fingerprint density at radius 3 is 2.40 bits per heavy atom. The molecule has 0 spiro atoms. The molecule has 0 aromatic rings. The van der Waals surface area contributed by atoms with Crippen LogP contribution in [-0.4, -0.2) is 22.4 Å². The van der Waals surface area contributed by atoms with Gasteiger partial charge in [-0.25, -0.2) is 0 Å². The molecule has 4 rings (SSSR count). The maximum Gasteiger partial charge on any atom is 0.133 e. The molecule has 142 valence electrons. The molecule has 25 heavy (non-hydrogen) atoms. The number of carbonyl (C=O) groups is 1. The van der Waals surface area contributed by atoms with E-state index < -0.39 is 5.60 Å². The summed E-state index contributed by atoms with van der Waals surface area (Å²) in [4.78, 5) is 12.2. The summed E-state index contributed by atoms with van der Waals surface area (Å²) in [7, 11) is 0. The largest absolute Gasteiger partial charge is 0.389 e. The monoisotopic (exact) mass is 366 g/mol. The molecule has 4 fully saturated rings. The molecule has 0 heterocycles. The summed E-state index contributed by atoms with van der Waals surface area (Å²) in [6.07, 6.45) is 10.3. The molecule has 4 saturated carbocycles. The highest BCUT2D eigenvalue weighted by atomic mass is 35.5. The molecule has 8 atom stereocenters. The van der Waals surface area contributed by atoms with E-state index in [-0.39, 0.29) is 5.41 Å². The highest BCUT2D eigenvalue weighted by Gasteiger charge is 2.61. The van der Waals surface area contributed by atoms with Gasteiger partial charge in [0.25, 0.3) is 0 Å². The third kappa shape index (κ3) is 2.57. The predicted octanol–water partition coefficient (Wildman–Crippen LogP) is 5.20. The van der Waals surface area contributed by atoms with E-state index in [2.05, 4.69) is 13.8 Å². The number of Topliss-reactive ketones (excluding diaryl/α,β-unsaturated/α-hetero) is 1. The predicted molar refractivity (Wildman–Crippen MR) is 102 cm³/mol. The van der Waals surface area contributed by atoms with Crippen LogP contribution in [0.1, 0.15) is 78.6 Å². The van der Waals surface area contributed by atoms with E-state index in [0.29, 0.717) is 28.9 Å². The third-order valence-electron chi connectivity index (χ3n) is 9.56. The standard InChI is InChI=1S/C22H35ClO2/c1-14(24)17-6-7-18-16-5-4-15-12-22(25,13-23)11-10-20(15,2)19(16)8-9-21(17,18)3/h15-19,25H,4-13H2,1-3H3/t15-,16?,17+,18?,19?,20-,21+,22+/m0/s1. The van der Waals surface area contributed by atoms with E-state index in [1.54, 1.807) is 0 Å². The molecule has 3 unspecified atom stereocenters. The van der Waals surface area contributed by atoms with Crippen LogP contribution in [0.2, 0.25) is 0 Å². The lowest BCUT2D eigenvalue weighted by molar-refractivity contribution is -0.149. The summed E-state index contributed by atoms with van der Waals surface area (Å²) < 4.78 is 0. The van der Waals surface area contributed by atoms with E-state index >= 15 is 0 Å². The van der Waals surface area contributed by atoms with Crippen molar-refractivity contribution in [2.45, 2.75) is 84.2 Å². The molecule has 0 aromatic carbocycles. The van der Waals surface area contributed by atoms with Gasteiger partial charge in [-0.2, -0.15) is 0 Å². The van der Waals surface area contributed by atoms with Gasteiger partial charge in [0.05, 0.1) is 11.5 Å². The summed E-state index contributed by atoms with van der Waals surface area (Å²) in [5.74, 6) is 4.06. The van der Waals surface area contributed by atoms with Crippen LogP contribution in [0.3, 0.4) is 0 Å². The molecule has 3 heteroatoms. The van der Waals surface area contributed by atoms with Crippen LogP contribution >= 0.6 is 11.6 Å². The molecule has 0 aliphatic heterocycles. The smallest absolute Gasteiger partial charge is 0.133 e. The zero-order valence-electron chi connectivity index (χ0n) is 16.2. The van der Waals surface area contributed by atoms with Crippen molar-refractivity contribution in [3.8, 4) is 0 Å². The van der Waals surface area contributed by atoms with Gasteiger partial charge in [-0.15, -0.1) is 11.6 Å². The Hall–Kier alpha value is -0.0800. The number of halogens is 1. The van der Waals surface area contributed by atoms with Gasteiger partial charge < -0.3 is 5.11 Å². The Labute approximate surface area is 158 Å². The first kappa shape index (κ1) is 18.3. The average Bonchev–Trinajstić information content (AvgIpc) is 2.93. The molecule has 0 amide bonds. The van der Waals surface area contributed by atoms with Gasteiger partial charge in [-0.1, -0.05) is 13.8 Å². The Balaban J connectivity index is 1.59. The highest BCUT2D eigenvalue weighted by Crippen LogP contribution is 2.68. The topological polar surface area (TPSA) is 37.3 Å². The second-order valence-electron chi connectivity index (χ2n) is 10.5. The zero-order valence-corrected chi connectivity index (χ0v) is 16.9. The third-order valence-corrected chi connectivity index (χ3v) is 10.1. The van der Waals surface area contributed by atoms with Gasteiger partial charge in [-0.3, -0.25) is 4.79 Å². The van der Waals surface area contributed by atoms with Gasteiger partial charge in [0.1, 0.15) is 5.78 Å². The minimum atomic E-state index is -0.630. The fourth-order valence-electron chi connectivity index (χ4n) is 8.11. The Morgan fingerprint density at radius 2 is 1.72 bits per heavy atom. The number of ketones is 1. The van der Waals surface area contributed by atoms with Crippen LogP contribution in [0.15, 0.2) is 0 Å². The summed E-state index contributed by atoms with van der Waals surface area (Å²) in [5, 5.41) is 10.7. The lowest BCUT2D eigenvalue weighted by Crippen LogP contribution is -2.56. The SMILES string of the molecule is CC(=O)[C@H]1CCC2C3CC[C@H]4C[C@@](O)(CCl)CC[C@]4(C)C3CC[C@@]21C. The van der Waals surface area contributed by atoms with Crippen molar-refractivity contribution in [2.75, 3.05) is 5.88 Å². The normalized spacial score (nSPS) is 55.2. The van der Waals surface area contributed by atoms with Gasteiger partial charge in [0.2, 0.25) is 0 Å². The lowest BCUT2D eigenvalue weighted by atomic mass is 9.44. The molecule has 0 bridgehead atoms. The van der Waals surface area contributed by atoms with Crippen molar-refractivity contribution in [1.82, 2.24) is 0 Å². The number of rotatable bonds is 2. The summed E-state index contributed by atoms with van der Waals surface area (Å²) in [6.45, 7) is 6.76. The van der Waals surface area contributed by atoms with E-state index in [4.69, 9.17) is 11.6 Å². The summed E-state index contributed by atoms with van der Waals surface area (Å²) in [6, 6.07) is 0. The maximum atomic E-state index is 12.2. The van der Waals surface area contributed by atoms with Crippen LogP contribution in [0, 0.1) is 40.4 Å². The number of carbonyl (C=O) groups excluding carboxylic acids is 1. The van der Waals surface area contributed by atoms with E-state index in [1.807, 2.05) is 6.92 Å². The van der Waals surface area contributed by atoms with Crippen molar-refractivity contribution in [1.29, 1.82) is 0 Å². The minimum Gasteiger partial charge on any atom is -0.389 e. The van der Waals surface area contributed by atoms with E-state index in [0.717, 1.165) is 43.4 Å². The zero-order chi connectivity index (χ0) is 18.0. The van der Waals surface area contributed by atoms with Crippen LogP contribution in [0.25, 0.3) is 0 Å². The van der Waals surface area contributed by atoms with Crippen molar-refractivity contribution >= 4 is 17.4 Å². The number of hydrogen-bond acceptors (Lipinski definition) is 2. The molecule has 0 radical (unpaired) electrons. The average molecular weight is 367 g/mol. The quantitative estimate of drug-likeness (QED) is 0.681. The second-order valence-corrected chi connectivity index (χ2v) is 10.8. The van der Waals surface area contributed by atoms with Crippen molar-refractivity contribution in [2.24, 2.45) is 40.4 Å². The molecule has 0 aromatic heterocycles. The van der Waals surface area contributed by atoms with E-state index in [9.17, 15) is 9.90 Å². The molecular formula is C22H35ClO2. The first-order valence-corrected chi connectivity index (χ1v) is 11.1. The van der Waals surface area contributed by atoms with Crippen molar-refractivity contribution < 1.29 is 9.90 Å². The van der Waals surface area contributed by atoms with Crippen molar-refractivity contribution in [3.05, 3.63) is 0 Å². The Bertz CT molecular complexity index is 562. The summed E-state index contributed by atoms with van der Waals surface area (Å²) >= 11 is 6.09. The highest BCUT2D eigenvalue weighted by molar-refractivity contribution is 6.18. The van der Waals surface area contributed by atoms with E-state index in [1.165, 1.54) is 32.1 Å². The van der Waals surface area contributed by atoms with Crippen LogP contribution in [-0.2, 0) is 4.79 Å². The fraction of sp³-hybridized carbons (Fsp3) is 0.955. The van der Waals surface area contributed by atoms with Crippen LogP contribution in [0.4, 0.5) is 0 Å². The first-order chi connectivity index (χ1) is 11.7. The minimum absolute atomic E-state index is 0.252. The lowest BCUT2D eigenvalue weighted by Gasteiger charge is -2.62. The molecule has 4 aliphatic carbocycles. The maximum absolute atomic E-state index is 12.2. The molecule has 1 N–H and O–H groups in total. The Kier molecular flexibility index (Phi) is 4.36.